The fourth-order valence-electron chi connectivity index (χ4n) is 7.61. The fraction of sp³-hybridized carbons (Fsp3) is 0.870. The smallest absolute Gasteiger partial charge is 0.164 e. The van der Waals surface area contributed by atoms with Crippen LogP contribution in [0.15, 0.2) is 11.6 Å². The molecular formula is C23H36O5. The molecule has 28 heavy (non-hydrogen) atoms. The maximum absolute atomic E-state index is 12.7. The first-order valence-corrected chi connectivity index (χ1v) is 10.9. The molecule has 4 aliphatic carbocycles. The molecule has 4 aliphatic rings. The quantitative estimate of drug-likeness (QED) is 0.567. The number of aliphatic hydroxyl groups is 2. The van der Waals surface area contributed by atoms with Crippen LogP contribution < -0.4 is 0 Å². The van der Waals surface area contributed by atoms with Crippen LogP contribution in [0.5, 0.6) is 0 Å². The molecule has 8 atom stereocenters. The summed E-state index contributed by atoms with van der Waals surface area (Å²) in [6.07, 6.45) is 7.91. The number of carbonyl (C=O) groups excluding carboxylic acids is 1. The summed E-state index contributed by atoms with van der Waals surface area (Å²) in [5.41, 5.74) is -0.338. The van der Waals surface area contributed by atoms with Crippen molar-refractivity contribution in [3.05, 3.63) is 11.6 Å². The van der Waals surface area contributed by atoms with Crippen molar-refractivity contribution in [2.75, 3.05) is 13.9 Å². The van der Waals surface area contributed by atoms with E-state index in [1.165, 1.54) is 12.5 Å². The van der Waals surface area contributed by atoms with Crippen molar-refractivity contribution < 1.29 is 24.5 Å². The first kappa shape index (κ1) is 20.5. The highest BCUT2D eigenvalue weighted by Crippen LogP contribution is 2.67. The molecule has 0 aliphatic heterocycles. The lowest BCUT2D eigenvalue weighted by atomic mass is 9.46. The second kappa shape index (κ2) is 6.90. The van der Waals surface area contributed by atoms with Gasteiger partial charge < -0.3 is 19.7 Å². The Labute approximate surface area is 168 Å². The third kappa shape index (κ3) is 2.62. The topological polar surface area (TPSA) is 76.0 Å². The predicted octanol–water partition coefficient (Wildman–Crippen LogP) is 3.23. The van der Waals surface area contributed by atoms with Crippen LogP contribution in [0.2, 0.25) is 0 Å². The van der Waals surface area contributed by atoms with Crippen molar-refractivity contribution >= 4 is 5.78 Å². The van der Waals surface area contributed by atoms with Gasteiger partial charge in [-0.2, -0.15) is 0 Å². The maximum atomic E-state index is 12.7. The van der Waals surface area contributed by atoms with Crippen LogP contribution in [0.1, 0.15) is 65.7 Å². The largest absolute Gasteiger partial charge is 0.393 e. The zero-order valence-electron chi connectivity index (χ0n) is 17.7. The molecule has 158 valence electrons. The Morgan fingerprint density at radius 2 is 2.00 bits per heavy atom. The van der Waals surface area contributed by atoms with Gasteiger partial charge >= 0.3 is 0 Å². The molecule has 0 unspecified atom stereocenters. The van der Waals surface area contributed by atoms with E-state index in [2.05, 4.69) is 19.9 Å². The van der Waals surface area contributed by atoms with E-state index in [1.807, 2.05) is 0 Å². The maximum Gasteiger partial charge on any atom is 0.164 e. The number of allylic oxidation sites excluding steroid dienone is 1. The van der Waals surface area contributed by atoms with Crippen molar-refractivity contribution in [1.82, 2.24) is 0 Å². The Morgan fingerprint density at radius 3 is 2.68 bits per heavy atom. The van der Waals surface area contributed by atoms with Gasteiger partial charge in [0.05, 0.1) is 12.2 Å². The highest BCUT2D eigenvalue weighted by atomic mass is 16.7. The predicted molar refractivity (Wildman–Crippen MR) is 105 cm³/mol. The van der Waals surface area contributed by atoms with Crippen molar-refractivity contribution in [2.24, 2.45) is 28.6 Å². The number of rotatable bonds is 4. The third-order valence-corrected chi connectivity index (χ3v) is 9.20. The molecule has 0 aromatic heterocycles. The van der Waals surface area contributed by atoms with E-state index in [9.17, 15) is 15.0 Å². The molecule has 3 fully saturated rings. The van der Waals surface area contributed by atoms with Crippen molar-refractivity contribution in [3.8, 4) is 0 Å². The monoisotopic (exact) mass is 392 g/mol. The number of hydrogen-bond donors (Lipinski definition) is 2. The SMILES string of the molecule is COCO[C@@H]1C[C@H]2[C@@H]3CC=C4C[C@@H](O)CC[C@]4(C)[C@H]3CC[C@]2(C)[C@@]1(O)C(C)=O. The van der Waals surface area contributed by atoms with Crippen LogP contribution in [0, 0.1) is 28.6 Å². The van der Waals surface area contributed by atoms with Crippen LogP contribution in [0.4, 0.5) is 0 Å². The lowest BCUT2D eigenvalue weighted by molar-refractivity contribution is -0.190. The van der Waals surface area contributed by atoms with Gasteiger partial charge in [0.15, 0.2) is 11.4 Å². The molecule has 0 aromatic rings. The minimum Gasteiger partial charge on any atom is -0.393 e. The minimum atomic E-state index is -1.45. The molecule has 0 aromatic carbocycles. The summed E-state index contributed by atoms with van der Waals surface area (Å²) in [4.78, 5) is 12.7. The summed E-state index contributed by atoms with van der Waals surface area (Å²) < 4.78 is 11.0. The van der Waals surface area contributed by atoms with E-state index in [1.54, 1.807) is 7.11 Å². The number of ketones is 1. The van der Waals surface area contributed by atoms with Gasteiger partial charge in [-0.25, -0.2) is 0 Å². The zero-order chi connectivity index (χ0) is 20.3. The molecular weight excluding hydrogens is 356 g/mol. The summed E-state index contributed by atoms with van der Waals surface area (Å²) in [6, 6.07) is 0. The summed E-state index contributed by atoms with van der Waals surface area (Å²) >= 11 is 0. The average molecular weight is 393 g/mol. The number of ether oxygens (including phenoxy) is 2. The second-order valence-corrected chi connectivity index (χ2v) is 10.2. The molecule has 5 heteroatoms. The molecule has 4 rings (SSSR count). The summed E-state index contributed by atoms with van der Waals surface area (Å²) in [5, 5.41) is 21.8. The lowest BCUT2D eigenvalue weighted by Crippen LogP contribution is -2.60. The first-order chi connectivity index (χ1) is 13.2. The van der Waals surface area contributed by atoms with Crippen molar-refractivity contribution in [3.63, 3.8) is 0 Å². The number of fused-ring (bicyclic) bond motifs is 5. The van der Waals surface area contributed by atoms with Crippen LogP contribution in [0.3, 0.4) is 0 Å². The van der Waals surface area contributed by atoms with E-state index in [0.29, 0.717) is 18.3 Å². The Bertz CT molecular complexity index is 674. The Morgan fingerprint density at radius 1 is 1.25 bits per heavy atom. The van der Waals surface area contributed by atoms with Gasteiger partial charge in [0, 0.05) is 12.5 Å². The third-order valence-electron chi connectivity index (χ3n) is 9.20. The Balaban J connectivity index is 1.69. The molecule has 0 amide bonds. The summed E-state index contributed by atoms with van der Waals surface area (Å²) in [5.74, 6) is 1.07. The van der Waals surface area contributed by atoms with E-state index < -0.39 is 17.1 Å². The van der Waals surface area contributed by atoms with E-state index in [-0.39, 0.29) is 30.0 Å². The molecule has 0 saturated heterocycles. The number of hydrogen-bond acceptors (Lipinski definition) is 5. The Hall–Kier alpha value is -0.750. The van der Waals surface area contributed by atoms with Gasteiger partial charge in [-0.15, -0.1) is 0 Å². The second-order valence-electron chi connectivity index (χ2n) is 10.2. The summed E-state index contributed by atoms with van der Waals surface area (Å²) in [6.45, 7) is 6.09. The molecule has 2 N–H and O–H groups in total. The van der Waals surface area contributed by atoms with Gasteiger partial charge in [0.2, 0.25) is 0 Å². The van der Waals surface area contributed by atoms with Gasteiger partial charge in [0.25, 0.3) is 0 Å². The van der Waals surface area contributed by atoms with Crippen LogP contribution in [-0.2, 0) is 14.3 Å². The van der Waals surface area contributed by atoms with Gasteiger partial charge in [-0.1, -0.05) is 25.5 Å². The lowest BCUT2D eigenvalue weighted by Gasteiger charge is -2.58. The average Bonchev–Trinajstić information content (AvgIpc) is 2.89. The van der Waals surface area contributed by atoms with E-state index in [4.69, 9.17) is 9.47 Å². The standard InChI is InChI=1S/C23H36O5/c1-14(24)23(26)20(28-13-27-4)12-19-17-6-5-15-11-16(25)7-9-21(15,2)18(17)8-10-22(19,23)3/h5,16-20,25-26H,6-13H2,1-4H3/t16-,17+,18-,19-,20+,21-,22-,23+/m0/s1. The van der Waals surface area contributed by atoms with Gasteiger partial charge in [-0.05, 0) is 75.0 Å². The van der Waals surface area contributed by atoms with Crippen LogP contribution in [0.25, 0.3) is 0 Å². The molecule has 0 radical (unpaired) electrons. The number of aliphatic hydroxyl groups excluding tert-OH is 1. The molecule has 0 bridgehead atoms. The Kier molecular flexibility index (Phi) is 5.06. The van der Waals surface area contributed by atoms with Gasteiger partial charge in [0.1, 0.15) is 6.79 Å². The van der Waals surface area contributed by atoms with Crippen molar-refractivity contribution in [2.45, 2.75) is 83.5 Å². The number of methoxy groups -OCH3 is 1. The van der Waals surface area contributed by atoms with E-state index in [0.717, 1.165) is 38.5 Å². The first-order valence-electron chi connectivity index (χ1n) is 10.9. The number of Topliss-reactive ketones (excluding diaryl/α,β-unsaturated/α-hetero) is 1. The molecule has 3 saturated carbocycles. The fourth-order valence-corrected chi connectivity index (χ4v) is 7.61. The van der Waals surface area contributed by atoms with Gasteiger partial charge in [-0.3, -0.25) is 4.79 Å². The normalized spacial score (nSPS) is 50.4. The van der Waals surface area contributed by atoms with Crippen molar-refractivity contribution in [1.29, 1.82) is 0 Å². The highest BCUT2D eigenvalue weighted by Gasteiger charge is 2.69. The molecule has 0 spiro atoms. The van der Waals surface area contributed by atoms with Crippen LogP contribution >= 0.6 is 0 Å². The van der Waals surface area contributed by atoms with Crippen LogP contribution in [-0.4, -0.2) is 47.7 Å². The van der Waals surface area contributed by atoms with E-state index >= 15 is 0 Å². The number of carbonyl (C=O) groups is 1. The molecule has 0 heterocycles. The molecule has 5 nitrogen and oxygen atoms in total. The minimum absolute atomic E-state index is 0.0941. The zero-order valence-corrected chi connectivity index (χ0v) is 17.7. The summed E-state index contributed by atoms with van der Waals surface area (Å²) in [7, 11) is 1.57. The highest BCUT2D eigenvalue weighted by molar-refractivity contribution is 5.87.